The third-order valence-electron chi connectivity index (χ3n) is 3.67. The third-order valence-corrected chi connectivity index (χ3v) is 4.81. The maximum absolute atomic E-state index is 11.9. The molecular formula is C16H19N5O2S. The Morgan fingerprint density at radius 3 is 2.62 bits per heavy atom. The lowest BCUT2D eigenvalue weighted by molar-refractivity contribution is 0.600. The van der Waals surface area contributed by atoms with Gasteiger partial charge < -0.3 is 5.32 Å². The lowest BCUT2D eigenvalue weighted by atomic mass is 10.3. The van der Waals surface area contributed by atoms with Gasteiger partial charge in [0.1, 0.15) is 0 Å². The fraction of sp³-hybridized carbons (Fsp3) is 0.250. The minimum Gasteiger partial charge on any atom is -0.377 e. The number of aryl methyl sites for hydroxylation is 2. The van der Waals surface area contributed by atoms with Gasteiger partial charge in [0.15, 0.2) is 9.84 Å². The van der Waals surface area contributed by atoms with E-state index in [1.807, 2.05) is 20.2 Å². The first-order valence-electron chi connectivity index (χ1n) is 7.42. The number of hydrogen-bond acceptors (Lipinski definition) is 5. The molecule has 0 saturated heterocycles. The zero-order valence-corrected chi connectivity index (χ0v) is 14.6. The second-order valence-electron chi connectivity index (χ2n) is 5.70. The Morgan fingerprint density at radius 2 is 1.96 bits per heavy atom. The van der Waals surface area contributed by atoms with Crippen molar-refractivity contribution in [1.29, 1.82) is 0 Å². The Morgan fingerprint density at radius 1 is 1.21 bits per heavy atom. The summed E-state index contributed by atoms with van der Waals surface area (Å²) in [6.45, 7) is 2.59. The number of rotatable bonds is 5. The van der Waals surface area contributed by atoms with Crippen LogP contribution in [0.2, 0.25) is 0 Å². The number of aromatic nitrogens is 4. The molecule has 0 amide bonds. The number of benzene rings is 1. The SMILES string of the molecule is Cc1cn(C)nc1CNc1cnn(-c2ccccc2S(C)(=O)=O)c1. The summed E-state index contributed by atoms with van der Waals surface area (Å²) in [5.74, 6) is 0. The van der Waals surface area contributed by atoms with Crippen LogP contribution in [0, 0.1) is 6.92 Å². The highest BCUT2D eigenvalue weighted by atomic mass is 32.2. The van der Waals surface area contributed by atoms with E-state index in [1.165, 1.54) is 6.26 Å². The molecule has 3 rings (SSSR count). The molecule has 3 aromatic rings. The number of para-hydroxylation sites is 1. The molecule has 2 aromatic heterocycles. The molecule has 0 aliphatic carbocycles. The molecule has 0 spiro atoms. The largest absolute Gasteiger partial charge is 0.377 e. The van der Waals surface area contributed by atoms with Gasteiger partial charge in [-0.2, -0.15) is 10.2 Å². The van der Waals surface area contributed by atoms with Crippen LogP contribution < -0.4 is 5.32 Å². The molecule has 0 atom stereocenters. The fourth-order valence-corrected chi connectivity index (χ4v) is 3.39. The molecule has 0 aliphatic rings. The zero-order valence-electron chi connectivity index (χ0n) is 13.8. The average Bonchev–Trinajstić information content (AvgIpc) is 3.11. The number of nitrogens with one attached hydrogen (secondary N) is 1. The van der Waals surface area contributed by atoms with Crippen LogP contribution >= 0.6 is 0 Å². The second kappa shape index (κ2) is 6.12. The fourth-order valence-electron chi connectivity index (χ4n) is 2.52. The van der Waals surface area contributed by atoms with Gasteiger partial charge in [0.05, 0.1) is 40.9 Å². The van der Waals surface area contributed by atoms with Crippen LogP contribution in [0.1, 0.15) is 11.3 Å². The maximum Gasteiger partial charge on any atom is 0.177 e. The first-order valence-corrected chi connectivity index (χ1v) is 9.31. The highest BCUT2D eigenvalue weighted by molar-refractivity contribution is 7.90. The molecule has 0 bridgehead atoms. The van der Waals surface area contributed by atoms with Crippen molar-refractivity contribution in [2.24, 2.45) is 7.05 Å². The molecule has 1 N–H and O–H groups in total. The van der Waals surface area contributed by atoms with Crippen LogP contribution in [0.3, 0.4) is 0 Å². The van der Waals surface area contributed by atoms with Crippen LogP contribution in [-0.4, -0.2) is 34.2 Å². The first kappa shape index (κ1) is 16.3. The number of nitrogens with zero attached hydrogens (tertiary/aromatic N) is 4. The average molecular weight is 345 g/mol. The van der Waals surface area contributed by atoms with Gasteiger partial charge in [-0.25, -0.2) is 13.1 Å². The van der Waals surface area contributed by atoms with E-state index in [0.717, 1.165) is 16.9 Å². The summed E-state index contributed by atoms with van der Waals surface area (Å²) in [6, 6.07) is 6.80. The van der Waals surface area contributed by atoms with Crippen LogP contribution in [-0.2, 0) is 23.4 Å². The molecule has 0 aliphatic heterocycles. The Balaban J connectivity index is 1.83. The molecule has 1 aromatic carbocycles. The summed E-state index contributed by atoms with van der Waals surface area (Å²) in [5, 5.41) is 11.9. The normalized spacial score (nSPS) is 11.6. The lowest BCUT2D eigenvalue weighted by Gasteiger charge is -2.07. The van der Waals surface area contributed by atoms with Gasteiger partial charge in [0.25, 0.3) is 0 Å². The maximum atomic E-state index is 11.9. The highest BCUT2D eigenvalue weighted by Gasteiger charge is 2.14. The van der Waals surface area contributed by atoms with Crippen molar-refractivity contribution < 1.29 is 8.42 Å². The minimum atomic E-state index is -3.32. The third kappa shape index (κ3) is 3.33. The van der Waals surface area contributed by atoms with E-state index >= 15 is 0 Å². The number of anilines is 1. The second-order valence-corrected chi connectivity index (χ2v) is 7.68. The molecule has 0 saturated carbocycles. The topological polar surface area (TPSA) is 81.8 Å². The quantitative estimate of drug-likeness (QED) is 0.764. The van der Waals surface area contributed by atoms with Gasteiger partial charge >= 0.3 is 0 Å². The van der Waals surface area contributed by atoms with Gasteiger partial charge in [-0.15, -0.1) is 0 Å². The van der Waals surface area contributed by atoms with E-state index in [4.69, 9.17) is 0 Å². The minimum absolute atomic E-state index is 0.250. The molecule has 0 radical (unpaired) electrons. The van der Waals surface area contributed by atoms with Crippen LogP contribution in [0.5, 0.6) is 0 Å². The van der Waals surface area contributed by atoms with Crippen LogP contribution in [0.15, 0.2) is 47.8 Å². The standard InChI is InChI=1S/C16H19N5O2S/c1-12-10-20(2)19-14(12)9-17-13-8-18-21(11-13)15-6-4-5-7-16(15)24(3,22)23/h4-8,10-11,17H,9H2,1-3H3. The lowest BCUT2D eigenvalue weighted by Crippen LogP contribution is -2.05. The smallest absolute Gasteiger partial charge is 0.177 e. The monoisotopic (exact) mass is 345 g/mol. The summed E-state index contributed by atoms with van der Waals surface area (Å²) in [4.78, 5) is 0.250. The van der Waals surface area contributed by atoms with Gasteiger partial charge in [-0.05, 0) is 24.6 Å². The Bertz CT molecular complexity index is 972. The van der Waals surface area contributed by atoms with Crippen molar-refractivity contribution in [2.45, 2.75) is 18.4 Å². The van der Waals surface area contributed by atoms with Crippen molar-refractivity contribution >= 4 is 15.5 Å². The highest BCUT2D eigenvalue weighted by Crippen LogP contribution is 2.21. The van der Waals surface area contributed by atoms with E-state index in [-0.39, 0.29) is 4.90 Å². The van der Waals surface area contributed by atoms with Crippen molar-refractivity contribution in [3.05, 3.63) is 54.1 Å². The van der Waals surface area contributed by atoms with Gasteiger partial charge in [-0.1, -0.05) is 12.1 Å². The number of hydrogen-bond donors (Lipinski definition) is 1. The molecule has 7 nitrogen and oxygen atoms in total. The van der Waals surface area contributed by atoms with Gasteiger partial charge in [-0.3, -0.25) is 4.68 Å². The molecular weight excluding hydrogens is 326 g/mol. The van der Waals surface area contributed by atoms with Crippen molar-refractivity contribution in [1.82, 2.24) is 19.6 Å². The molecule has 24 heavy (non-hydrogen) atoms. The van der Waals surface area contributed by atoms with E-state index in [0.29, 0.717) is 12.2 Å². The van der Waals surface area contributed by atoms with E-state index < -0.39 is 9.84 Å². The Kier molecular flexibility index (Phi) is 4.15. The van der Waals surface area contributed by atoms with E-state index in [1.54, 1.807) is 46.0 Å². The number of sulfone groups is 1. The Labute approximate surface area is 140 Å². The summed E-state index contributed by atoms with van der Waals surface area (Å²) in [7, 11) is -1.44. The molecule has 126 valence electrons. The predicted molar refractivity (Wildman–Crippen MR) is 91.9 cm³/mol. The summed E-state index contributed by atoms with van der Waals surface area (Å²) < 4.78 is 27.2. The molecule has 2 heterocycles. The predicted octanol–water partition coefficient (Wildman–Crippen LogP) is 1.93. The zero-order chi connectivity index (χ0) is 17.3. The summed E-state index contributed by atoms with van der Waals surface area (Å²) in [6.07, 6.45) is 6.58. The molecule has 0 fully saturated rings. The molecule has 0 unspecified atom stereocenters. The van der Waals surface area contributed by atoms with Crippen molar-refractivity contribution in [3.8, 4) is 5.69 Å². The summed E-state index contributed by atoms with van der Waals surface area (Å²) in [5.41, 5.74) is 3.40. The molecule has 8 heteroatoms. The van der Waals surface area contributed by atoms with Crippen molar-refractivity contribution in [2.75, 3.05) is 11.6 Å². The first-order chi connectivity index (χ1) is 11.3. The van der Waals surface area contributed by atoms with Gasteiger partial charge in [0, 0.05) is 19.5 Å². The van der Waals surface area contributed by atoms with Crippen LogP contribution in [0.4, 0.5) is 5.69 Å². The Hall–Kier alpha value is -2.61. The van der Waals surface area contributed by atoms with Crippen molar-refractivity contribution in [3.63, 3.8) is 0 Å². The van der Waals surface area contributed by atoms with Crippen LogP contribution in [0.25, 0.3) is 5.69 Å². The van der Waals surface area contributed by atoms with E-state index in [9.17, 15) is 8.42 Å². The van der Waals surface area contributed by atoms with Gasteiger partial charge in [0.2, 0.25) is 0 Å². The summed E-state index contributed by atoms with van der Waals surface area (Å²) >= 11 is 0. The van der Waals surface area contributed by atoms with E-state index in [2.05, 4.69) is 15.5 Å².